The van der Waals surface area contributed by atoms with Gasteiger partial charge in [0.2, 0.25) is 11.8 Å². The Kier molecular flexibility index (Phi) is 6.13. The van der Waals surface area contributed by atoms with E-state index in [9.17, 15) is 9.59 Å². The van der Waals surface area contributed by atoms with Gasteiger partial charge in [-0.1, -0.05) is 12.1 Å². The first kappa shape index (κ1) is 19.7. The van der Waals surface area contributed by atoms with E-state index < -0.39 is 5.92 Å². The smallest absolute Gasteiger partial charge is 0.226 e. The molecule has 1 N–H and O–H groups in total. The van der Waals surface area contributed by atoms with E-state index in [4.69, 9.17) is 9.47 Å². The molecular weight excluding hydrogens is 358 g/mol. The summed E-state index contributed by atoms with van der Waals surface area (Å²) in [6.07, 6.45) is 3.59. The lowest BCUT2D eigenvalue weighted by molar-refractivity contribution is -0.129. The van der Waals surface area contributed by atoms with Crippen LogP contribution in [0.1, 0.15) is 30.5 Å². The second-order valence-electron chi connectivity index (χ2n) is 6.63. The number of likely N-dealkylation sites (tertiary alicyclic amines) is 1. The molecule has 0 spiro atoms. The van der Waals surface area contributed by atoms with Gasteiger partial charge in [-0.2, -0.15) is 0 Å². The third-order valence-electron chi connectivity index (χ3n) is 5.05. The van der Waals surface area contributed by atoms with Crippen molar-refractivity contribution >= 4 is 11.8 Å². The van der Waals surface area contributed by atoms with Crippen molar-refractivity contribution in [2.45, 2.75) is 25.9 Å². The average molecular weight is 383 g/mol. The molecule has 2 heterocycles. The SMILES string of the molecule is CCN1C(=O)C[C@@H](C(=O)NCc2cccnc2)[C@@H]1c1ccc(OC)c(OC)c1. The Hall–Kier alpha value is -3.09. The van der Waals surface area contributed by atoms with Crippen LogP contribution in [0.5, 0.6) is 11.5 Å². The maximum atomic E-state index is 12.9. The zero-order valence-corrected chi connectivity index (χ0v) is 16.3. The van der Waals surface area contributed by atoms with E-state index in [0.717, 1.165) is 11.1 Å². The van der Waals surface area contributed by atoms with Crippen LogP contribution in [-0.2, 0) is 16.1 Å². The fourth-order valence-corrected chi connectivity index (χ4v) is 3.67. The zero-order chi connectivity index (χ0) is 20.1. The highest BCUT2D eigenvalue weighted by atomic mass is 16.5. The summed E-state index contributed by atoms with van der Waals surface area (Å²) < 4.78 is 10.7. The molecular formula is C21H25N3O4. The van der Waals surface area contributed by atoms with Crippen molar-refractivity contribution in [2.75, 3.05) is 20.8 Å². The van der Waals surface area contributed by atoms with Crippen molar-refractivity contribution in [3.63, 3.8) is 0 Å². The van der Waals surface area contributed by atoms with Gasteiger partial charge < -0.3 is 19.7 Å². The molecule has 7 heteroatoms. The number of rotatable bonds is 7. The predicted molar refractivity (Wildman–Crippen MR) is 104 cm³/mol. The van der Waals surface area contributed by atoms with E-state index in [1.165, 1.54) is 0 Å². The number of benzene rings is 1. The largest absolute Gasteiger partial charge is 0.493 e. The molecule has 0 radical (unpaired) electrons. The predicted octanol–water partition coefficient (Wildman–Crippen LogP) is 2.32. The Balaban J connectivity index is 1.85. The lowest BCUT2D eigenvalue weighted by Crippen LogP contribution is -2.35. The molecule has 1 aliphatic rings. The van der Waals surface area contributed by atoms with Gasteiger partial charge in [-0.05, 0) is 36.2 Å². The lowest BCUT2D eigenvalue weighted by atomic mass is 9.92. The van der Waals surface area contributed by atoms with Crippen LogP contribution in [0.2, 0.25) is 0 Å². The molecule has 1 saturated heterocycles. The summed E-state index contributed by atoms with van der Waals surface area (Å²) in [5.74, 6) is 0.542. The van der Waals surface area contributed by atoms with Crippen LogP contribution < -0.4 is 14.8 Å². The highest BCUT2D eigenvalue weighted by molar-refractivity contribution is 5.90. The van der Waals surface area contributed by atoms with Gasteiger partial charge >= 0.3 is 0 Å². The summed E-state index contributed by atoms with van der Waals surface area (Å²) in [5, 5.41) is 2.94. The number of amides is 2. The summed E-state index contributed by atoms with van der Waals surface area (Å²) in [6, 6.07) is 8.91. The van der Waals surface area contributed by atoms with E-state index in [0.29, 0.717) is 24.6 Å². The Morgan fingerprint density at radius 2 is 2.04 bits per heavy atom. The highest BCUT2D eigenvalue weighted by Crippen LogP contribution is 2.41. The van der Waals surface area contributed by atoms with Crippen molar-refractivity contribution in [2.24, 2.45) is 5.92 Å². The number of nitrogens with one attached hydrogen (secondary N) is 1. The molecule has 1 aliphatic heterocycles. The minimum absolute atomic E-state index is 0.0242. The normalized spacial score (nSPS) is 18.8. The molecule has 0 saturated carbocycles. The standard InChI is InChI=1S/C21H25N3O4/c1-4-24-19(25)11-16(21(26)23-13-14-6-5-9-22-12-14)20(24)15-7-8-17(27-2)18(10-15)28-3/h5-10,12,16,20H,4,11,13H2,1-3H3,(H,23,26)/t16-,20+/m1/s1. The fourth-order valence-electron chi connectivity index (χ4n) is 3.67. The lowest BCUT2D eigenvalue weighted by Gasteiger charge is -2.27. The van der Waals surface area contributed by atoms with Gasteiger partial charge in [0, 0.05) is 31.9 Å². The average Bonchev–Trinajstić information content (AvgIpc) is 3.08. The zero-order valence-electron chi connectivity index (χ0n) is 16.3. The number of carbonyl (C=O) groups excluding carboxylic acids is 2. The van der Waals surface area contributed by atoms with Crippen molar-refractivity contribution in [1.29, 1.82) is 0 Å². The van der Waals surface area contributed by atoms with E-state index >= 15 is 0 Å². The van der Waals surface area contributed by atoms with E-state index in [-0.39, 0.29) is 24.3 Å². The molecule has 0 unspecified atom stereocenters. The number of methoxy groups -OCH3 is 2. The van der Waals surface area contributed by atoms with Gasteiger partial charge in [0.05, 0.1) is 26.2 Å². The fraction of sp³-hybridized carbons (Fsp3) is 0.381. The van der Waals surface area contributed by atoms with Gasteiger partial charge in [-0.15, -0.1) is 0 Å². The molecule has 3 rings (SSSR count). The number of hydrogen-bond donors (Lipinski definition) is 1. The maximum absolute atomic E-state index is 12.9. The van der Waals surface area contributed by atoms with E-state index in [1.807, 2.05) is 31.2 Å². The number of carbonyl (C=O) groups is 2. The number of ether oxygens (including phenoxy) is 2. The number of aromatic nitrogens is 1. The molecule has 28 heavy (non-hydrogen) atoms. The molecule has 0 aliphatic carbocycles. The van der Waals surface area contributed by atoms with Crippen molar-refractivity contribution < 1.29 is 19.1 Å². The van der Waals surface area contributed by atoms with E-state index in [2.05, 4.69) is 10.3 Å². The van der Waals surface area contributed by atoms with Gasteiger partial charge in [-0.3, -0.25) is 14.6 Å². The van der Waals surface area contributed by atoms with Crippen molar-refractivity contribution in [3.8, 4) is 11.5 Å². The monoisotopic (exact) mass is 383 g/mol. The molecule has 2 atom stereocenters. The molecule has 2 amide bonds. The summed E-state index contributed by atoms with van der Waals surface area (Å²) in [4.78, 5) is 31.3. The molecule has 1 aromatic heterocycles. The third kappa shape index (κ3) is 3.93. The first-order valence-electron chi connectivity index (χ1n) is 9.27. The molecule has 148 valence electrons. The Bertz CT molecular complexity index is 841. The maximum Gasteiger partial charge on any atom is 0.226 e. The second kappa shape index (κ2) is 8.73. The van der Waals surface area contributed by atoms with Crippen LogP contribution in [0.4, 0.5) is 0 Å². The van der Waals surface area contributed by atoms with Crippen LogP contribution in [-0.4, -0.2) is 42.5 Å². The Morgan fingerprint density at radius 3 is 2.68 bits per heavy atom. The quantitative estimate of drug-likeness (QED) is 0.794. The summed E-state index contributed by atoms with van der Waals surface area (Å²) in [6.45, 7) is 2.83. The van der Waals surface area contributed by atoms with Gasteiger partial charge in [-0.25, -0.2) is 0 Å². The molecule has 1 fully saturated rings. The molecule has 1 aromatic carbocycles. The number of pyridine rings is 1. The van der Waals surface area contributed by atoms with Crippen LogP contribution >= 0.6 is 0 Å². The van der Waals surface area contributed by atoms with Crippen LogP contribution in [0, 0.1) is 5.92 Å². The number of hydrogen-bond acceptors (Lipinski definition) is 5. The minimum Gasteiger partial charge on any atom is -0.493 e. The summed E-state index contributed by atoms with van der Waals surface area (Å²) in [7, 11) is 3.14. The first-order valence-corrected chi connectivity index (χ1v) is 9.27. The van der Waals surface area contributed by atoms with Crippen molar-refractivity contribution in [1.82, 2.24) is 15.2 Å². The van der Waals surface area contributed by atoms with Gasteiger partial charge in [0.15, 0.2) is 11.5 Å². The number of nitrogens with zero attached hydrogens (tertiary/aromatic N) is 2. The van der Waals surface area contributed by atoms with Crippen molar-refractivity contribution in [3.05, 3.63) is 53.9 Å². The van der Waals surface area contributed by atoms with Crippen LogP contribution in [0.25, 0.3) is 0 Å². The topological polar surface area (TPSA) is 80.8 Å². The Morgan fingerprint density at radius 1 is 1.25 bits per heavy atom. The van der Waals surface area contributed by atoms with Crippen LogP contribution in [0.15, 0.2) is 42.7 Å². The molecule has 2 aromatic rings. The first-order chi connectivity index (χ1) is 13.6. The minimum atomic E-state index is -0.470. The summed E-state index contributed by atoms with van der Waals surface area (Å²) in [5.41, 5.74) is 1.77. The Labute approximate surface area is 164 Å². The molecule has 0 bridgehead atoms. The molecule has 7 nitrogen and oxygen atoms in total. The third-order valence-corrected chi connectivity index (χ3v) is 5.05. The van der Waals surface area contributed by atoms with Crippen LogP contribution in [0.3, 0.4) is 0 Å². The summed E-state index contributed by atoms with van der Waals surface area (Å²) >= 11 is 0. The highest BCUT2D eigenvalue weighted by Gasteiger charge is 2.43. The van der Waals surface area contributed by atoms with Gasteiger partial charge in [0.25, 0.3) is 0 Å². The second-order valence-corrected chi connectivity index (χ2v) is 6.63. The van der Waals surface area contributed by atoms with Gasteiger partial charge in [0.1, 0.15) is 0 Å². The van der Waals surface area contributed by atoms with E-state index in [1.54, 1.807) is 37.6 Å².